The van der Waals surface area contributed by atoms with E-state index in [1.54, 1.807) is 26.4 Å². The minimum Gasteiger partial charge on any atom is -0.383 e. The molecule has 0 saturated heterocycles. The smallest absolute Gasteiger partial charge is 0.278 e. The number of nitrogens with zero attached hydrogens (tertiary/aromatic N) is 2. The van der Waals surface area contributed by atoms with Gasteiger partial charge in [-0.25, -0.2) is 0 Å². The van der Waals surface area contributed by atoms with Gasteiger partial charge in [0.15, 0.2) is 0 Å². The zero-order valence-electron chi connectivity index (χ0n) is 18.1. The summed E-state index contributed by atoms with van der Waals surface area (Å²) in [4.78, 5) is 30.1. The number of amides is 2. The molecule has 1 aliphatic heterocycles. The molecule has 0 bridgehead atoms. The first kappa shape index (κ1) is 23.0. The fourth-order valence-corrected chi connectivity index (χ4v) is 3.62. The molecule has 164 valence electrons. The van der Waals surface area contributed by atoms with Crippen molar-refractivity contribution < 1.29 is 19.1 Å². The number of hydrogen-bond donors (Lipinski definition) is 0. The molecule has 0 N–H and O–H groups in total. The highest BCUT2D eigenvalue weighted by atomic mass is 35.5. The van der Waals surface area contributed by atoms with Crippen LogP contribution in [-0.2, 0) is 25.6 Å². The number of benzene rings is 2. The van der Waals surface area contributed by atoms with Crippen molar-refractivity contribution in [3.05, 3.63) is 75.9 Å². The summed E-state index contributed by atoms with van der Waals surface area (Å²) in [5.74, 6) is -0.624. The van der Waals surface area contributed by atoms with Crippen molar-refractivity contribution in [3.63, 3.8) is 0 Å². The van der Waals surface area contributed by atoms with Crippen LogP contribution in [0.15, 0.2) is 54.2 Å². The van der Waals surface area contributed by atoms with Gasteiger partial charge in [0, 0.05) is 32.3 Å². The highest BCUT2D eigenvalue weighted by molar-refractivity contribution is 6.35. The molecule has 0 saturated carbocycles. The van der Waals surface area contributed by atoms with Gasteiger partial charge in [0.1, 0.15) is 5.70 Å². The lowest BCUT2D eigenvalue weighted by molar-refractivity contribution is -0.138. The molecule has 7 heteroatoms. The second-order valence-corrected chi connectivity index (χ2v) is 7.82. The zero-order chi connectivity index (χ0) is 22.4. The van der Waals surface area contributed by atoms with Crippen LogP contribution in [0, 0.1) is 6.92 Å². The molecule has 0 radical (unpaired) electrons. The lowest BCUT2D eigenvalue weighted by Gasteiger charge is -2.25. The van der Waals surface area contributed by atoms with Gasteiger partial charge in [-0.2, -0.15) is 0 Å². The van der Waals surface area contributed by atoms with E-state index in [1.807, 2.05) is 48.2 Å². The van der Waals surface area contributed by atoms with Crippen LogP contribution in [-0.4, -0.2) is 62.1 Å². The number of methoxy groups -OCH3 is 2. The van der Waals surface area contributed by atoms with Crippen molar-refractivity contribution in [1.82, 2.24) is 9.80 Å². The van der Waals surface area contributed by atoms with Crippen molar-refractivity contribution in [2.75, 3.05) is 40.5 Å². The minimum atomic E-state index is -0.317. The third-order valence-corrected chi connectivity index (χ3v) is 5.44. The Morgan fingerprint density at radius 2 is 1.45 bits per heavy atom. The van der Waals surface area contributed by atoms with Gasteiger partial charge in [-0.3, -0.25) is 14.5 Å². The summed E-state index contributed by atoms with van der Waals surface area (Å²) in [6.45, 7) is 3.95. The first-order chi connectivity index (χ1) is 15.0. The molecule has 0 unspecified atom stereocenters. The molecule has 0 fully saturated rings. The number of carbonyl (C=O) groups excluding carboxylic acids is 2. The molecule has 6 nitrogen and oxygen atoms in total. The average Bonchev–Trinajstić information content (AvgIpc) is 3.01. The van der Waals surface area contributed by atoms with Crippen molar-refractivity contribution in [1.29, 1.82) is 0 Å². The predicted molar refractivity (Wildman–Crippen MR) is 120 cm³/mol. The average molecular weight is 443 g/mol. The first-order valence-corrected chi connectivity index (χ1v) is 10.5. The second kappa shape index (κ2) is 10.6. The van der Waals surface area contributed by atoms with Crippen LogP contribution in [0.1, 0.15) is 16.7 Å². The second-order valence-electron chi connectivity index (χ2n) is 7.39. The third kappa shape index (κ3) is 5.34. The lowest BCUT2D eigenvalue weighted by Crippen LogP contribution is -2.37. The summed E-state index contributed by atoms with van der Waals surface area (Å²) >= 11 is 5.98. The highest BCUT2D eigenvalue weighted by Gasteiger charge is 2.41. The van der Waals surface area contributed by atoms with Gasteiger partial charge in [0.2, 0.25) is 0 Å². The van der Waals surface area contributed by atoms with Gasteiger partial charge >= 0.3 is 0 Å². The van der Waals surface area contributed by atoms with E-state index in [4.69, 9.17) is 21.1 Å². The van der Waals surface area contributed by atoms with Gasteiger partial charge in [0.05, 0.1) is 25.3 Å². The standard InChI is InChI=1S/C24H27ClN2O4/c1-17-4-8-19(9-5-17)21-22(26(12-14-30-2)13-15-31-3)24(29)27(23(21)28)16-18-6-10-20(25)11-7-18/h4-11H,12-16H2,1-3H3. The summed E-state index contributed by atoms with van der Waals surface area (Å²) < 4.78 is 10.5. The maximum Gasteiger partial charge on any atom is 0.278 e. The van der Waals surface area contributed by atoms with Gasteiger partial charge in [-0.05, 0) is 30.2 Å². The van der Waals surface area contributed by atoms with Gasteiger partial charge in [-0.15, -0.1) is 0 Å². The van der Waals surface area contributed by atoms with E-state index in [-0.39, 0.29) is 18.4 Å². The van der Waals surface area contributed by atoms with E-state index in [9.17, 15) is 9.59 Å². The van der Waals surface area contributed by atoms with E-state index < -0.39 is 0 Å². The molecular weight excluding hydrogens is 416 g/mol. The Labute approximate surface area is 188 Å². The van der Waals surface area contributed by atoms with Crippen LogP contribution in [0.3, 0.4) is 0 Å². The Morgan fingerprint density at radius 3 is 2.00 bits per heavy atom. The SMILES string of the molecule is COCCN(CCOC)C1=C(c2ccc(C)cc2)C(=O)N(Cc2ccc(Cl)cc2)C1=O. The predicted octanol–water partition coefficient (Wildman–Crippen LogP) is 3.52. The number of hydrogen-bond acceptors (Lipinski definition) is 5. The summed E-state index contributed by atoms with van der Waals surface area (Å²) in [5.41, 5.74) is 3.42. The summed E-state index contributed by atoms with van der Waals surface area (Å²) in [6, 6.07) is 14.8. The maximum absolute atomic E-state index is 13.5. The molecule has 1 heterocycles. The maximum atomic E-state index is 13.5. The normalized spacial score (nSPS) is 14.0. The first-order valence-electron chi connectivity index (χ1n) is 10.1. The number of halogens is 1. The Kier molecular flexibility index (Phi) is 7.85. The van der Waals surface area contributed by atoms with Crippen LogP contribution in [0.5, 0.6) is 0 Å². The van der Waals surface area contributed by atoms with E-state index in [1.165, 1.54) is 4.90 Å². The van der Waals surface area contributed by atoms with Crippen molar-refractivity contribution in [3.8, 4) is 0 Å². The van der Waals surface area contributed by atoms with Crippen LogP contribution >= 0.6 is 11.6 Å². The Balaban J connectivity index is 2.02. The number of aryl methyl sites for hydroxylation is 1. The highest BCUT2D eigenvalue weighted by Crippen LogP contribution is 2.33. The van der Waals surface area contributed by atoms with E-state index in [0.29, 0.717) is 42.6 Å². The van der Waals surface area contributed by atoms with Crippen molar-refractivity contribution >= 4 is 29.0 Å². The van der Waals surface area contributed by atoms with Crippen LogP contribution in [0.4, 0.5) is 0 Å². The van der Waals surface area contributed by atoms with Gasteiger partial charge < -0.3 is 14.4 Å². The molecule has 1 aliphatic rings. The zero-order valence-corrected chi connectivity index (χ0v) is 18.8. The van der Waals surface area contributed by atoms with Crippen molar-refractivity contribution in [2.24, 2.45) is 0 Å². The Morgan fingerprint density at radius 1 is 0.871 bits per heavy atom. The van der Waals surface area contributed by atoms with Crippen molar-refractivity contribution in [2.45, 2.75) is 13.5 Å². The topological polar surface area (TPSA) is 59.1 Å². The molecule has 31 heavy (non-hydrogen) atoms. The van der Waals surface area contributed by atoms with E-state index >= 15 is 0 Å². The number of ether oxygens (including phenoxy) is 2. The molecule has 0 aliphatic carbocycles. The largest absolute Gasteiger partial charge is 0.383 e. The number of carbonyl (C=O) groups is 2. The number of rotatable bonds is 10. The quantitative estimate of drug-likeness (QED) is 0.527. The monoisotopic (exact) mass is 442 g/mol. The molecule has 0 aromatic heterocycles. The van der Waals surface area contributed by atoms with Crippen LogP contribution in [0.25, 0.3) is 5.57 Å². The molecular formula is C24H27ClN2O4. The molecule has 0 atom stereocenters. The van der Waals surface area contributed by atoms with Crippen LogP contribution < -0.4 is 0 Å². The fourth-order valence-electron chi connectivity index (χ4n) is 3.49. The van der Waals surface area contributed by atoms with E-state index in [2.05, 4.69) is 0 Å². The van der Waals surface area contributed by atoms with Gasteiger partial charge in [0.25, 0.3) is 11.8 Å². The van der Waals surface area contributed by atoms with E-state index in [0.717, 1.165) is 16.7 Å². The molecule has 0 spiro atoms. The Hall–Kier alpha value is -2.67. The van der Waals surface area contributed by atoms with Crippen LogP contribution in [0.2, 0.25) is 5.02 Å². The molecule has 2 aromatic carbocycles. The molecule has 3 rings (SSSR count). The summed E-state index contributed by atoms with van der Waals surface area (Å²) in [6.07, 6.45) is 0. The third-order valence-electron chi connectivity index (χ3n) is 5.18. The summed E-state index contributed by atoms with van der Waals surface area (Å²) in [7, 11) is 3.22. The Bertz CT molecular complexity index is 947. The lowest BCUT2D eigenvalue weighted by atomic mass is 10.0. The molecule has 2 aromatic rings. The summed E-state index contributed by atoms with van der Waals surface area (Å²) in [5, 5.41) is 0.604. The molecule has 2 amide bonds. The number of imide groups is 1. The van der Waals surface area contributed by atoms with Gasteiger partial charge in [-0.1, -0.05) is 53.6 Å². The fraction of sp³-hybridized carbons (Fsp3) is 0.333. The minimum absolute atomic E-state index is 0.177.